The summed E-state index contributed by atoms with van der Waals surface area (Å²) < 4.78 is 3.30. The van der Waals surface area contributed by atoms with E-state index >= 15 is 0 Å². The first-order valence-electron chi connectivity index (χ1n) is 7.94. The average molecular weight is 367 g/mol. The molecule has 4 rings (SSSR count). The topological polar surface area (TPSA) is 116 Å². The van der Waals surface area contributed by atoms with E-state index < -0.39 is 35.5 Å². The van der Waals surface area contributed by atoms with Gasteiger partial charge < -0.3 is 4.57 Å². The van der Waals surface area contributed by atoms with Crippen LogP contribution in [0.1, 0.15) is 20.7 Å². The van der Waals surface area contributed by atoms with Crippen LogP contribution >= 0.6 is 0 Å². The van der Waals surface area contributed by atoms with Crippen molar-refractivity contribution in [3.05, 3.63) is 62.6 Å². The van der Waals surface area contributed by atoms with Crippen molar-refractivity contribution in [2.45, 2.75) is 6.54 Å². The molecule has 0 atom stereocenters. The molecule has 0 saturated heterocycles. The molecule has 10 heteroatoms. The Labute approximate surface area is 150 Å². The largest absolute Gasteiger partial charge is 0.332 e. The monoisotopic (exact) mass is 367 g/mol. The fourth-order valence-electron chi connectivity index (χ4n) is 3.15. The molecule has 10 nitrogen and oxygen atoms in total. The highest BCUT2D eigenvalue weighted by Gasteiger charge is 2.39. The van der Waals surface area contributed by atoms with Crippen LogP contribution < -0.4 is 11.2 Å². The summed E-state index contributed by atoms with van der Waals surface area (Å²) in [5.74, 6) is -2.20. The molecule has 0 fully saturated rings. The van der Waals surface area contributed by atoms with Gasteiger partial charge in [-0.15, -0.1) is 0 Å². The van der Waals surface area contributed by atoms with Crippen LogP contribution in [0.15, 0.2) is 40.2 Å². The van der Waals surface area contributed by atoms with Crippen molar-refractivity contribution in [2.75, 3.05) is 0 Å². The van der Waals surface area contributed by atoms with Crippen LogP contribution in [-0.4, -0.2) is 41.3 Å². The zero-order valence-corrected chi connectivity index (χ0v) is 14.4. The second kappa shape index (κ2) is 5.59. The third-order valence-electron chi connectivity index (χ3n) is 4.57. The molecule has 1 aliphatic rings. The number of aryl methyl sites for hydroxylation is 1. The number of hydrogen-bond donors (Lipinski definition) is 0. The van der Waals surface area contributed by atoms with Gasteiger partial charge in [0.2, 0.25) is 0 Å². The fraction of sp³-hybridized carbons (Fsp3) is 0.176. The van der Waals surface area contributed by atoms with Crippen LogP contribution in [0.3, 0.4) is 0 Å². The number of carbonyl (C=O) groups is 3. The molecule has 0 radical (unpaired) electrons. The van der Waals surface area contributed by atoms with Crippen LogP contribution in [0.2, 0.25) is 0 Å². The molecule has 3 aromatic rings. The lowest BCUT2D eigenvalue weighted by atomic mass is 10.1. The molecule has 0 spiro atoms. The van der Waals surface area contributed by atoms with Crippen LogP contribution in [0.4, 0.5) is 0 Å². The van der Waals surface area contributed by atoms with Gasteiger partial charge in [-0.1, -0.05) is 12.1 Å². The van der Waals surface area contributed by atoms with Gasteiger partial charge in [-0.25, -0.2) is 14.7 Å². The molecule has 0 N–H and O–H groups in total. The van der Waals surface area contributed by atoms with Crippen LogP contribution in [0.25, 0.3) is 11.2 Å². The molecular weight excluding hydrogens is 354 g/mol. The Morgan fingerprint density at radius 1 is 0.963 bits per heavy atom. The summed E-state index contributed by atoms with van der Waals surface area (Å²) in [6.45, 7) is -0.449. The smallest absolute Gasteiger partial charge is 0.315 e. The molecule has 0 unspecified atom stereocenters. The van der Waals surface area contributed by atoms with Crippen LogP contribution in [0, 0.1) is 0 Å². The molecular formula is C17H13N5O5. The van der Waals surface area contributed by atoms with Crippen molar-refractivity contribution >= 4 is 28.9 Å². The molecule has 2 aromatic heterocycles. The number of aromatic nitrogens is 4. The first kappa shape index (κ1) is 16.6. The summed E-state index contributed by atoms with van der Waals surface area (Å²) >= 11 is 0. The van der Waals surface area contributed by atoms with Crippen molar-refractivity contribution < 1.29 is 14.4 Å². The Morgan fingerprint density at radius 2 is 1.56 bits per heavy atom. The van der Waals surface area contributed by atoms with Gasteiger partial charge in [0.05, 0.1) is 17.5 Å². The van der Waals surface area contributed by atoms with Gasteiger partial charge in [0.25, 0.3) is 23.3 Å². The Morgan fingerprint density at radius 3 is 2.15 bits per heavy atom. The van der Waals surface area contributed by atoms with Gasteiger partial charge >= 0.3 is 5.69 Å². The Balaban J connectivity index is 1.75. The zero-order chi connectivity index (χ0) is 19.5. The highest BCUT2D eigenvalue weighted by molar-refractivity contribution is 6.28. The number of amides is 3. The van der Waals surface area contributed by atoms with E-state index in [1.807, 2.05) is 0 Å². The lowest BCUT2D eigenvalue weighted by molar-refractivity contribution is -0.126. The molecule has 136 valence electrons. The van der Waals surface area contributed by atoms with Gasteiger partial charge in [0.1, 0.15) is 6.54 Å². The van der Waals surface area contributed by atoms with E-state index in [9.17, 15) is 24.0 Å². The molecule has 1 aromatic carbocycles. The maximum atomic E-state index is 12.7. The maximum absolute atomic E-state index is 12.7. The van der Waals surface area contributed by atoms with E-state index in [4.69, 9.17) is 0 Å². The van der Waals surface area contributed by atoms with Crippen LogP contribution in [-0.2, 0) is 25.4 Å². The Bertz CT molecular complexity index is 1240. The van der Waals surface area contributed by atoms with E-state index in [2.05, 4.69) is 4.98 Å². The standard InChI is InChI=1S/C17H13N5O5/c1-19-13-12(16(26)20(2)17(19)27)21(8-18-13)7-11(23)22-14(24)9-5-3-4-6-10(9)15(22)25/h3-6,8H,7H2,1-2H3. The highest BCUT2D eigenvalue weighted by atomic mass is 16.2. The number of benzene rings is 1. The molecule has 3 heterocycles. The van der Waals surface area contributed by atoms with E-state index in [-0.39, 0.29) is 22.3 Å². The fourth-order valence-corrected chi connectivity index (χ4v) is 3.15. The van der Waals surface area contributed by atoms with Crippen molar-refractivity contribution in [1.29, 1.82) is 0 Å². The van der Waals surface area contributed by atoms with Gasteiger partial charge in [0.15, 0.2) is 11.2 Å². The van der Waals surface area contributed by atoms with E-state index in [1.54, 1.807) is 12.1 Å². The number of nitrogens with zero attached hydrogens (tertiary/aromatic N) is 5. The molecule has 1 aliphatic heterocycles. The summed E-state index contributed by atoms with van der Waals surface area (Å²) in [6.07, 6.45) is 1.22. The van der Waals surface area contributed by atoms with Gasteiger partial charge in [-0.05, 0) is 12.1 Å². The van der Waals surface area contributed by atoms with E-state index in [0.29, 0.717) is 4.90 Å². The minimum Gasteiger partial charge on any atom is -0.315 e. The second-order valence-electron chi connectivity index (χ2n) is 6.14. The van der Waals surface area contributed by atoms with Crippen molar-refractivity contribution in [3.8, 4) is 0 Å². The predicted octanol–water partition coefficient (Wildman–Crippen LogP) is -0.744. The molecule has 0 aliphatic carbocycles. The maximum Gasteiger partial charge on any atom is 0.332 e. The average Bonchev–Trinajstić information content (AvgIpc) is 3.18. The summed E-state index contributed by atoms with van der Waals surface area (Å²) in [6, 6.07) is 6.15. The van der Waals surface area contributed by atoms with E-state index in [1.165, 1.54) is 41.7 Å². The van der Waals surface area contributed by atoms with Gasteiger partial charge in [0, 0.05) is 14.1 Å². The quantitative estimate of drug-likeness (QED) is 0.551. The van der Waals surface area contributed by atoms with Crippen molar-refractivity contribution in [3.63, 3.8) is 0 Å². The summed E-state index contributed by atoms with van der Waals surface area (Å²) in [5.41, 5.74) is -0.720. The number of rotatable bonds is 2. The number of imide groups is 3. The van der Waals surface area contributed by atoms with Gasteiger partial charge in [-0.2, -0.15) is 0 Å². The SMILES string of the molecule is Cn1c(=O)c2c(ncn2CC(=O)N2C(=O)c3ccccc3C2=O)n(C)c1=O. The van der Waals surface area contributed by atoms with Crippen molar-refractivity contribution in [1.82, 2.24) is 23.6 Å². The Kier molecular flexibility index (Phi) is 3.45. The summed E-state index contributed by atoms with van der Waals surface area (Å²) in [5, 5.41) is 0. The van der Waals surface area contributed by atoms with Crippen molar-refractivity contribution in [2.24, 2.45) is 14.1 Å². The third kappa shape index (κ3) is 2.19. The first-order chi connectivity index (χ1) is 12.8. The zero-order valence-electron chi connectivity index (χ0n) is 14.4. The normalized spacial score (nSPS) is 13.5. The molecule has 3 amide bonds. The minimum absolute atomic E-state index is 0.0320. The lowest BCUT2D eigenvalue weighted by Gasteiger charge is -2.12. The minimum atomic E-state index is -0.795. The molecule has 0 saturated carbocycles. The summed E-state index contributed by atoms with van der Waals surface area (Å²) in [7, 11) is 2.76. The number of carbonyl (C=O) groups excluding carboxylic acids is 3. The predicted molar refractivity (Wildman–Crippen MR) is 92.2 cm³/mol. The Hall–Kier alpha value is -3.82. The summed E-state index contributed by atoms with van der Waals surface area (Å²) in [4.78, 5) is 66.4. The van der Waals surface area contributed by atoms with Gasteiger partial charge in [-0.3, -0.25) is 28.3 Å². The highest BCUT2D eigenvalue weighted by Crippen LogP contribution is 2.23. The first-order valence-corrected chi connectivity index (χ1v) is 7.94. The van der Waals surface area contributed by atoms with E-state index in [0.717, 1.165) is 4.57 Å². The molecule has 27 heavy (non-hydrogen) atoms. The second-order valence-corrected chi connectivity index (χ2v) is 6.14. The molecule has 0 bridgehead atoms. The number of imidazole rings is 1. The third-order valence-corrected chi connectivity index (χ3v) is 4.57. The number of hydrogen-bond acceptors (Lipinski definition) is 6. The lowest BCUT2D eigenvalue weighted by Crippen LogP contribution is -2.40. The number of fused-ring (bicyclic) bond motifs is 2. The van der Waals surface area contributed by atoms with Crippen LogP contribution in [0.5, 0.6) is 0 Å².